The Labute approximate surface area is 101 Å². The molecule has 0 amide bonds. The summed E-state index contributed by atoms with van der Waals surface area (Å²) in [7, 11) is 0. The lowest BCUT2D eigenvalue weighted by atomic mass is 9.83. The fourth-order valence-electron chi connectivity index (χ4n) is 2.75. The van der Waals surface area contributed by atoms with Crippen LogP contribution in [0.1, 0.15) is 12.0 Å². The van der Waals surface area contributed by atoms with Gasteiger partial charge < -0.3 is 10.2 Å². The molecule has 0 spiro atoms. The van der Waals surface area contributed by atoms with E-state index in [0.717, 1.165) is 24.6 Å². The lowest BCUT2D eigenvalue weighted by Gasteiger charge is -2.52. The van der Waals surface area contributed by atoms with Gasteiger partial charge in [0, 0.05) is 25.0 Å². The molecule has 2 aliphatic heterocycles. The Hall–Kier alpha value is -0.800. The molecule has 0 radical (unpaired) electrons. The van der Waals surface area contributed by atoms with Crippen molar-refractivity contribution in [2.45, 2.75) is 19.4 Å². The van der Waals surface area contributed by atoms with Crippen LogP contribution in [0, 0.1) is 12.8 Å². The molecule has 3 nitrogen and oxygen atoms in total. The van der Waals surface area contributed by atoms with E-state index in [1.54, 1.807) is 0 Å². The van der Waals surface area contributed by atoms with Gasteiger partial charge in [0.1, 0.15) is 5.15 Å². The third-order valence-corrected chi connectivity index (χ3v) is 4.13. The summed E-state index contributed by atoms with van der Waals surface area (Å²) in [6.07, 6.45) is 3.14. The molecular weight excluding hydrogens is 222 g/mol. The number of rotatable bonds is 1. The van der Waals surface area contributed by atoms with E-state index in [1.807, 2.05) is 13.1 Å². The Kier molecular flexibility index (Phi) is 2.52. The lowest BCUT2D eigenvalue weighted by molar-refractivity contribution is 0.230. The normalized spacial score (nSPS) is 28.5. The van der Waals surface area contributed by atoms with Crippen molar-refractivity contribution in [3.63, 3.8) is 0 Å². The molecule has 2 saturated heterocycles. The fraction of sp³-hybridized carbons (Fsp3) is 0.583. The van der Waals surface area contributed by atoms with E-state index in [-0.39, 0.29) is 0 Å². The number of nitrogens with zero attached hydrogens (tertiary/aromatic N) is 2. The van der Waals surface area contributed by atoms with E-state index in [4.69, 9.17) is 11.6 Å². The maximum absolute atomic E-state index is 5.94. The van der Waals surface area contributed by atoms with Crippen molar-refractivity contribution in [2.75, 3.05) is 24.5 Å². The molecule has 16 heavy (non-hydrogen) atoms. The highest BCUT2D eigenvalue weighted by molar-refractivity contribution is 6.30. The molecule has 2 fully saturated rings. The number of fused-ring (bicyclic) bond motifs is 1. The van der Waals surface area contributed by atoms with Gasteiger partial charge in [0.25, 0.3) is 0 Å². The number of hydrogen-bond acceptors (Lipinski definition) is 3. The summed E-state index contributed by atoms with van der Waals surface area (Å²) in [5.41, 5.74) is 2.29. The van der Waals surface area contributed by atoms with E-state index >= 15 is 0 Å². The first kappa shape index (κ1) is 10.4. The molecule has 0 saturated carbocycles. The average molecular weight is 238 g/mol. The van der Waals surface area contributed by atoms with E-state index in [1.165, 1.54) is 18.7 Å². The summed E-state index contributed by atoms with van der Waals surface area (Å²) in [6, 6.07) is 2.86. The summed E-state index contributed by atoms with van der Waals surface area (Å²) in [4.78, 5) is 6.69. The number of anilines is 1. The summed E-state index contributed by atoms with van der Waals surface area (Å²) in [5.74, 6) is 0.824. The van der Waals surface area contributed by atoms with Crippen molar-refractivity contribution >= 4 is 17.3 Å². The van der Waals surface area contributed by atoms with Gasteiger partial charge in [-0.2, -0.15) is 0 Å². The van der Waals surface area contributed by atoms with Crippen LogP contribution >= 0.6 is 11.6 Å². The molecule has 3 rings (SSSR count). The van der Waals surface area contributed by atoms with Crippen LogP contribution in [0.4, 0.5) is 5.69 Å². The highest BCUT2D eigenvalue weighted by Crippen LogP contribution is 2.34. The van der Waals surface area contributed by atoms with Gasteiger partial charge in [-0.15, -0.1) is 0 Å². The minimum atomic E-state index is 0.617. The lowest BCUT2D eigenvalue weighted by Crippen LogP contribution is -2.63. The van der Waals surface area contributed by atoms with E-state index < -0.39 is 0 Å². The second-order valence-electron chi connectivity index (χ2n) is 4.77. The van der Waals surface area contributed by atoms with Gasteiger partial charge >= 0.3 is 0 Å². The molecule has 1 aromatic rings. The smallest absolute Gasteiger partial charge is 0.132 e. The SMILES string of the molecule is Cc1cc(N2C[C@H]3CNCC[C@H]32)cnc1Cl. The van der Waals surface area contributed by atoms with Crippen LogP contribution in [0.3, 0.4) is 0 Å². The summed E-state index contributed by atoms with van der Waals surface area (Å²) in [5, 5.41) is 4.06. The molecule has 3 heterocycles. The van der Waals surface area contributed by atoms with Crippen molar-refractivity contribution in [3.05, 3.63) is 23.0 Å². The number of aryl methyl sites for hydroxylation is 1. The highest BCUT2D eigenvalue weighted by atomic mass is 35.5. The van der Waals surface area contributed by atoms with Crippen molar-refractivity contribution < 1.29 is 0 Å². The largest absolute Gasteiger partial charge is 0.366 e. The van der Waals surface area contributed by atoms with Crippen LogP contribution in [-0.4, -0.2) is 30.7 Å². The van der Waals surface area contributed by atoms with Crippen LogP contribution in [0.2, 0.25) is 5.15 Å². The average Bonchev–Trinajstić information content (AvgIpc) is 2.25. The first-order valence-electron chi connectivity index (χ1n) is 5.85. The number of halogens is 1. The number of aromatic nitrogens is 1. The van der Waals surface area contributed by atoms with Gasteiger partial charge in [-0.25, -0.2) is 4.98 Å². The molecule has 0 aliphatic carbocycles. The number of pyridine rings is 1. The summed E-state index contributed by atoms with van der Waals surface area (Å²) >= 11 is 5.94. The standard InChI is InChI=1S/C12H16ClN3/c1-8-4-10(6-15-12(8)13)16-7-9-5-14-3-2-11(9)16/h4,6,9,11,14H,2-3,5,7H2,1H3/t9-,11-/m1/s1. The summed E-state index contributed by atoms with van der Waals surface area (Å²) in [6.45, 7) is 5.47. The number of nitrogens with one attached hydrogen (secondary N) is 1. The third-order valence-electron chi connectivity index (χ3n) is 3.73. The zero-order valence-corrected chi connectivity index (χ0v) is 10.2. The Morgan fingerprint density at radius 1 is 1.56 bits per heavy atom. The van der Waals surface area contributed by atoms with E-state index in [0.29, 0.717) is 11.2 Å². The van der Waals surface area contributed by atoms with Crippen LogP contribution in [0.25, 0.3) is 0 Å². The van der Waals surface area contributed by atoms with Gasteiger partial charge in [-0.3, -0.25) is 0 Å². The predicted molar refractivity (Wildman–Crippen MR) is 66.1 cm³/mol. The van der Waals surface area contributed by atoms with Crippen molar-refractivity contribution in [1.29, 1.82) is 0 Å². The second-order valence-corrected chi connectivity index (χ2v) is 5.13. The van der Waals surface area contributed by atoms with Gasteiger partial charge in [0.05, 0.1) is 11.9 Å². The molecule has 0 bridgehead atoms. The minimum absolute atomic E-state index is 0.617. The molecule has 2 aliphatic rings. The number of piperidine rings is 1. The topological polar surface area (TPSA) is 28.2 Å². The Bertz CT molecular complexity index is 407. The Balaban J connectivity index is 1.80. The monoisotopic (exact) mass is 237 g/mol. The van der Waals surface area contributed by atoms with Crippen LogP contribution in [0.15, 0.2) is 12.3 Å². The van der Waals surface area contributed by atoms with Gasteiger partial charge in [0.15, 0.2) is 0 Å². The number of hydrogen-bond donors (Lipinski definition) is 1. The third kappa shape index (κ3) is 1.59. The molecule has 86 valence electrons. The van der Waals surface area contributed by atoms with Crippen LogP contribution < -0.4 is 10.2 Å². The fourth-order valence-corrected chi connectivity index (χ4v) is 2.86. The van der Waals surface area contributed by atoms with Gasteiger partial charge in [-0.05, 0) is 31.5 Å². The van der Waals surface area contributed by atoms with Crippen LogP contribution in [0.5, 0.6) is 0 Å². The van der Waals surface area contributed by atoms with E-state index in [2.05, 4.69) is 21.3 Å². The quantitative estimate of drug-likeness (QED) is 0.756. The second kappa shape index (κ2) is 3.90. The molecular formula is C12H16ClN3. The molecule has 1 aromatic heterocycles. The Morgan fingerprint density at radius 3 is 3.19 bits per heavy atom. The molecule has 2 atom stereocenters. The predicted octanol–water partition coefficient (Wildman–Crippen LogP) is 1.84. The van der Waals surface area contributed by atoms with Gasteiger partial charge in [-0.1, -0.05) is 11.6 Å². The molecule has 0 aromatic carbocycles. The molecule has 1 N–H and O–H groups in total. The first-order chi connectivity index (χ1) is 7.75. The maximum Gasteiger partial charge on any atom is 0.132 e. The zero-order chi connectivity index (χ0) is 11.1. The van der Waals surface area contributed by atoms with Gasteiger partial charge in [0.2, 0.25) is 0 Å². The Morgan fingerprint density at radius 2 is 2.44 bits per heavy atom. The van der Waals surface area contributed by atoms with Crippen molar-refractivity contribution in [3.8, 4) is 0 Å². The maximum atomic E-state index is 5.94. The first-order valence-corrected chi connectivity index (χ1v) is 6.23. The van der Waals surface area contributed by atoms with Crippen molar-refractivity contribution in [2.24, 2.45) is 5.92 Å². The zero-order valence-electron chi connectivity index (χ0n) is 9.41. The minimum Gasteiger partial charge on any atom is -0.366 e. The molecule has 0 unspecified atom stereocenters. The summed E-state index contributed by atoms with van der Waals surface area (Å²) < 4.78 is 0. The highest BCUT2D eigenvalue weighted by Gasteiger charge is 2.40. The van der Waals surface area contributed by atoms with E-state index in [9.17, 15) is 0 Å². The molecule has 4 heteroatoms. The van der Waals surface area contributed by atoms with Crippen molar-refractivity contribution in [1.82, 2.24) is 10.3 Å². The van der Waals surface area contributed by atoms with Crippen LogP contribution in [-0.2, 0) is 0 Å².